The molecule has 6 aromatic carbocycles. The normalized spacial score (nSPS) is 17.3. The molecule has 2 atom stereocenters. The van der Waals surface area contributed by atoms with Crippen molar-refractivity contribution in [3.05, 3.63) is 162 Å². The van der Waals surface area contributed by atoms with Crippen molar-refractivity contribution in [1.82, 2.24) is 5.32 Å². The van der Waals surface area contributed by atoms with Gasteiger partial charge in [-0.25, -0.2) is 9.98 Å². The number of nitrogens with one attached hydrogen (secondary N) is 1. The lowest BCUT2D eigenvalue weighted by Crippen LogP contribution is -2.39. The van der Waals surface area contributed by atoms with Crippen LogP contribution in [0.2, 0.25) is 0 Å². The average molecular weight is 692 g/mol. The lowest BCUT2D eigenvalue weighted by atomic mass is 9.89. The standard InChI is InChI=1S/C45H29N3OS2/c1-2-10-26(11-3-1)43-46-44(28-21-23-33-31-12-4-6-18-38(31)50-40(33)25-28)48-45(47-43)36-17-9-15-34-30-22-20-27(24-37(30)49-41(34)36)29-14-8-16-35-32-13-5-7-19-39(32)51-42(29)35/h1-16,18-25,36,45H,17H2,(H,46,47,48). The molecule has 4 heterocycles. The van der Waals surface area contributed by atoms with Gasteiger partial charge < -0.3 is 9.73 Å². The zero-order chi connectivity index (χ0) is 33.5. The Bertz CT molecular complexity index is 2940. The minimum atomic E-state index is -0.356. The number of fused-ring (bicyclic) bond motifs is 9. The van der Waals surface area contributed by atoms with Crippen LogP contribution >= 0.6 is 22.7 Å². The molecule has 1 N–H and O–H groups in total. The minimum absolute atomic E-state index is 0.0456. The Balaban J connectivity index is 1.02. The molecule has 4 nitrogen and oxygen atoms in total. The van der Waals surface area contributed by atoms with Crippen molar-refractivity contribution in [2.45, 2.75) is 18.5 Å². The van der Waals surface area contributed by atoms with Gasteiger partial charge in [-0.2, -0.15) is 0 Å². The molecule has 0 fully saturated rings. The topological polar surface area (TPSA) is 49.9 Å². The number of aliphatic imine (C=N–C) groups is 2. The molecule has 0 saturated carbocycles. The number of hydrogen-bond donors (Lipinski definition) is 1. The summed E-state index contributed by atoms with van der Waals surface area (Å²) in [6, 6.07) is 47.6. The van der Waals surface area contributed by atoms with E-state index in [2.05, 4.69) is 145 Å². The summed E-state index contributed by atoms with van der Waals surface area (Å²) < 4.78 is 12.0. The number of hydrogen-bond acceptors (Lipinski definition) is 6. The third kappa shape index (κ3) is 4.64. The Labute approximate surface area is 301 Å². The molecule has 3 aromatic heterocycles. The van der Waals surface area contributed by atoms with Crippen LogP contribution in [0.15, 0.2) is 154 Å². The highest BCUT2D eigenvalue weighted by Gasteiger charge is 2.33. The molecule has 6 heteroatoms. The van der Waals surface area contributed by atoms with E-state index in [0.29, 0.717) is 0 Å². The second kappa shape index (κ2) is 11.4. The third-order valence-corrected chi connectivity index (χ3v) is 12.7. The van der Waals surface area contributed by atoms with Gasteiger partial charge in [0.25, 0.3) is 0 Å². The molecule has 0 spiro atoms. The number of amidine groups is 2. The van der Waals surface area contributed by atoms with Gasteiger partial charge in [-0.1, -0.05) is 115 Å². The first-order chi connectivity index (χ1) is 25.2. The minimum Gasteiger partial charge on any atom is -0.460 e. The molecule has 2 aliphatic rings. The number of benzene rings is 6. The van der Waals surface area contributed by atoms with Crippen LogP contribution in [0.3, 0.4) is 0 Å². The highest BCUT2D eigenvalue weighted by atomic mass is 32.1. The van der Waals surface area contributed by atoms with E-state index >= 15 is 0 Å². The molecular weight excluding hydrogens is 663 g/mol. The zero-order valence-corrected chi connectivity index (χ0v) is 29.0. The van der Waals surface area contributed by atoms with Crippen LogP contribution in [0.1, 0.15) is 34.8 Å². The fraction of sp³-hybridized carbons (Fsp3) is 0.0667. The van der Waals surface area contributed by atoms with Crippen molar-refractivity contribution in [2.24, 2.45) is 9.98 Å². The quantitative estimate of drug-likeness (QED) is 0.200. The van der Waals surface area contributed by atoms with Gasteiger partial charge in [0.2, 0.25) is 0 Å². The van der Waals surface area contributed by atoms with Crippen molar-refractivity contribution >= 4 is 91.7 Å². The van der Waals surface area contributed by atoms with Crippen LogP contribution in [0.4, 0.5) is 0 Å². The van der Waals surface area contributed by atoms with E-state index in [1.165, 1.54) is 45.9 Å². The molecule has 1 aliphatic carbocycles. The van der Waals surface area contributed by atoms with Crippen LogP contribution in [0.25, 0.3) is 68.5 Å². The number of rotatable bonds is 4. The Kier molecular flexibility index (Phi) is 6.45. The van der Waals surface area contributed by atoms with Crippen molar-refractivity contribution < 1.29 is 4.42 Å². The maximum Gasteiger partial charge on any atom is 0.154 e. The molecule has 0 bridgehead atoms. The summed E-state index contributed by atoms with van der Waals surface area (Å²) in [5.74, 6) is 2.57. The van der Waals surface area contributed by atoms with Gasteiger partial charge in [0.15, 0.2) is 6.17 Å². The molecule has 0 radical (unpaired) electrons. The monoisotopic (exact) mass is 691 g/mol. The van der Waals surface area contributed by atoms with E-state index in [1.54, 1.807) is 0 Å². The Morgan fingerprint density at radius 2 is 1.25 bits per heavy atom. The SMILES string of the molecule is C1=Cc2c(oc3cc(-c4cccc5c4sc4ccccc45)ccc23)C(C2N=C(c3ccccc3)NC(c3ccc4c(c3)sc3ccccc34)=N2)C1. The van der Waals surface area contributed by atoms with Gasteiger partial charge in [0.1, 0.15) is 23.0 Å². The smallest absolute Gasteiger partial charge is 0.154 e. The third-order valence-electron chi connectivity index (χ3n) is 10.3. The van der Waals surface area contributed by atoms with Crippen LogP contribution in [0.5, 0.6) is 0 Å². The highest BCUT2D eigenvalue weighted by Crippen LogP contribution is 2.44. The number of allylic oxidation sites excluding steroid dienone is 1. The number of nitrogens with zero attached hydrogens (tertiary/aromatic N) is 2. The maximum atomic E-state index is 6.86. The average Bonchev–Trinajstić information content (AvgIpc) is 3.88. The first-order valence-corrected chi connectivity index (χ1v) is 18.9. The highest BCUT2D eigenvalue weighted by molar-refractivity contribution is 7.26. The number of thiophene rings is 2. The fourth-order valence-electron chi connectivity index (χ4n) is 7.83. The second-order valence-electron chi connectivity index (χ2n) is 13.3. The molecule has 11 rings (SSSR count). The first-order valence-electron chi connectivity index (χ1n) is 17.3. The Morgan fingerprint density at radius 3 is 2.12 bits per heavy atom. The predicted octanol–water partition coefficient (Wildman–Crippen LogP) is 12.2. The Hall–Kier alpha value is -5.82. The molecule has 0 amide bonds. The lowest BCUT2D eigenvalue weighted by molar-refractivity contribution is 0.437. The van der Waals surface area contributed by atoms with Gasteiger partial charge in [-0.15, -0.1) is 22.7 Å². The summed E-state index contributed by atoms with van der Waals surface area (Å²) in [5, 5.41) is 9.91. The second-order valence-corrected chi connectivity index (χ2v) is 15.4. The largest absolute Gasteiger partial charge is 0.460 e. The summed E-state index contributed by atoms with van der Waals surface area (Å²) >= 11 is 3.68. The van der Waals surface area contributed by atoms with Gasteiger partial charge >= 0.3 is 0 Å². The van der Waals surface area contributed by atoms with Crippen molar-refractivity contribution in [3.63, 3.8) is 0 Å². The summed E-state index contributed by atoms with van der Waals surface area (Å²) in [7, 11) is 0. The van der Waals surface area contributed by atoms with Gasteiger partial charge in [-0.05, 0) is 47.9 Å². The van der Waals surface area contributed by atoms with Crippen molar-refractivity contribution in [2.75, 3.05) is 0 Å². The van der Waals surface area contributed by atoms with E-state index in [4.69, 9.17) is 14.4 Å². The zero-order valence-electron chi connectivity index (χ0n) is 27.3. The van der Waals surface area contributed by atoms with Crippen LogP contribution < -0.4 is 5.32 Å². The fourth-order valence-corrected chi connectivity index (χ4v) is 10.2. The van der Waals surface area contributed by atoms with Gasteiger partial charge in [0, 0.05) is 62.4 Å². The van der Waals surface area contributed by atoms with E-state index in [1.807, 2.05) is 28.7 Å². The van der Waals surface area contributed by atoms with E-state index < -0.39 is 0 Å². The van der Waals surface area contributed by atoms with E-state index in [9.17, 15) is 0 Å². The van der Waals surface area contributed by atoms with Gasteiger partial charge in [0.05, 0.1) is 5.92 Å². The van der Waals surface area contributed by atoms with Gasteiger partial charge in [-0.3, -0.25) is 0 Å². The summed E-state index contributed by atoms with van der Waals surface area (Å²) in [5.41, 5.74) is 6.51. The van der Waals surface area contributed by atoms with Crippen LogP contribution in [0, 0.1) is 0 Å². The van der Waals surface area contributed by atoms with Crippen LogP contribution in [-0.2, 0) is 0 Å². The molecule has 0 saturated heterocycles. The van der Waals surface area contributed by atoms with Crippen LogP contribution in [-0.4, -0.2) is 17.8 Å². The molecule has 51 heavy (non-hydrogen) atoms. The summed E-state index contributed by atoms with van der Waals surface area (Å²) in [6.45, 7) is 0. The number of furan rings is 1. The van der Waals surface area contributed by atoms with Crippen molar-refractivity contribution in [3.8, 4) is 11.1 Å². The summed E-state index contributed by atoms with van der Waals surface area (Å²) in [6.07, 6.45) is 4.91. The first kappa shape index (κ1) is 29.0. The van der Waals surface area contributed by atoms with E-state index in [0.717, 1.165) is 57.1 Å². The van der Waals surface area contributed by atoms with E-state index in [-0.39, 0.29) is 12.1 Å². The van der Waals surface area contributed by atoms with Crippen molar-refractivity contribution in [1.29, 1.82) is 0 Å². The molecule has 242 valence electrons. The lowest BCUT2D eigenvalue weighted by Gasteiger charge is -2.27. The Morgan fingerprint density at radius 1 is 0.569 bits per heavy atom. The molecule has 2 unspecified atom stereocenters. The molecule has 9 aromatic rings. The maximum absolute atomic E-state index is 6.86. The summed E-state index contributed by atoms with van der Waals surface area (Å²) in [4.78, 5) is 10.6. The molecule has 1 aliphatic heterocycles. The molecular formula is C45H29N3OS2. The predicted molar refractivity (Wildman–Crippen MR) is 217 cm³/mol.